The van der Waals surface area contributed by atoms with Crippen LogP contribution in [0.25, 0.3) is 0 Å². The predicted molar refractivity (Wildman–Crippen MR) is 91.4 cm³/mol. The minimum Gasteiger partial charge on any atom is -0.377 e. The average Bonchev–Trinajstić information content (AvgIpc) is 2.46. The van der Waals surface area contributed by atoms with E-state index in [0.29, 0.717) is 0 Å². The number of benzene rings is 2. The summed E-state index contributed by atoms with van der Waals surface area (Å²) < 4.78 is 14.1. The monoisotopic (exact) mass is 383 g/mol. The van der Waals surface area contributed by atoms with Crippen LogP contribution in [-0.4, -0.2) is 0 Å². The van der Waals surface area contributed by atoms with Gasteiger partial charge in [-0.2, -0.15) is 0 Å². The highest BCUT2D eigenvalue weighted by Crippen LogP contribution is 2.27. The highest BCUT2D eigenvalue weighted by molar-refractivity contribution is 14.1. The van der Waals surface area contributed by atoms with E-state index in [0.717, 1.165) is 15.7 Å². The van der Waals surface area contributed by atoms with Crippen LogP contribution in [0.4, 0.5) is 10.1 Å². The van der Waals surface area contributed by atoms with Crippen molar-refractivity contribution >= 4 is 28.3 Å². The molecule has 0 fully saturated rings. The Hall–Kier alpha value is -1.10. The Kier molecular flexibility index (Phi) is 5.83. The van der Waals surface area contributed by atoms with Gasteiger partial charge in [-0.1, -0.05) is 50.1 Å². The van der Waals surface area contributed by atoms with E-state index in [1.54, 1.807) is 6.07 Å². The molecule has 1 nitrogen and oxygen atoms in total. The van der Waals surface area contributed by atoms with Gasteiger partial charge in [0.25, 0.3) is 0 Å². The predicted octanol–water partition coefficient (Wildman–Crippen LogP) is 5.77. The van der Waals surface area contributed by atoms with Crippen molar-refractivity contribution in [3.63, 3.8) is 0 Å². The maximum absolute atomic E-state index is 13.2. The van der Waals surface area contributed by atoms with Crippen molar-refractivity contribution in [3.8, 4) is 0 Å². The summed E-state index contributed by atoms with van der Waals surface area (Å²) in [5, 5.41) is 3.55. The summed E-state index contributed by atoms with van der Waals surface area (Å²) in [5.74, 6) is -0.190. The molecule has 2 aromatic rings. The Morgan fingerprint density at radius 3 is 2.55 bits per heavy atom. The Bertz CT molecular complexity index is 542. The fourth-order valence-corrected chi connectivity index (χ4v) is 2.84. The molecule has 0 heterocycles. The summed E-state index contributed by atoms with van der Waals surface area (Å²) in [4.78, 5) is 0. The van der Waals surface area contributed by atoms with Gasteiger partial charge in [-0.05, 0) is 52.8 Å². The van der Waals surface area contributed by atoms with Crippen LogP contribution in [0, 0.1) is 9.39 Å². The molecule has 0 radical (unpaired) electrons. The van der Waals surface area contributed by atoms with E-state index < -0.39 is 0 Å². The Morgan fingerprint density at radius 1 is 1.15 bits per heavy atom. The fraction of sp³-hybridized carbons (Fsp3) is 0.294. The summed E-state index contributed by atoms with van der Waals surface area (Å²) in [6, 6.07) is 15.6. The maximum atomic E-state index is 13.2. The molecule has 0 aliphatic heterocycles. The smallest absolute Gasteiger partial charge is 0.124 e. The van der Waals surface area contributed by atoms with Gasteiger partial charge in [0.15, 0.2) is 0 Å². The van der Waals surface area contributed by atoms with Crippen molar-refractivity contribution in [2.24, 2.45) is 0 Å². The Labute approximate surface area is 133 Å². The van der Waals surface area contributed by atoms with Gasteiger partial charge < -0.3 is 5.32 Å². The van der Waals surface area contributed by atoms with E-state index in [4.69, 9.17) is 0 Å². The molecule has 1 N–H and O–H groups in total. The lowest BCUT2D eigenvalue weighted by Gasteiger charge is -2.21. The fourth-order valence-electron chi connectivity index (χ4n) is 2.21. The number of hydrogen-bond donors (Lipinski definition) is 1. The van der Waals surface area contributed by atoms with E-state index in [2.05, 4.69) is 59.1 Å². The summed E-state index contributed by atoms with van der Waals surface area (Å²) in [5.41, 5.74) is 2.28. The minimum absolute atomic E-state index is 0.190. The van der Waals surface area contributed by atoms with Crippen molar-refractivity contribution in [3.05, 3.63) is 63.5 Å². The van der Waals surface area contributed by atoms with Gasteiger partial charge in [-0.25, -0.2) is 4.39 Å². The molecule has 2 aromatic carbocycles. The van der Waals surface area contributed by atoms with Gasteiger partial charge in [0.05, 0.1) is 6.04 Å². The van der Waals surface area contributed by atoms with Gasteiger partial charge in [0.1, 0.15) is 5.82 Å². The van der Waals surface area contributed by atoms with Crippen LogP contribution >= 0.6 is 22.6 Å². The zero-order valence-electron chi connectivity index (χ0n) is 11.6. The molecule has 0 saturated carbocycles. The maximum Gasteiger partial charge on any atom is 0.124 e. The number of anilines is 1. The summed E-state index contributed by atoms with van der Waals surface area (Å²) >= 11 is 2.17. The van der Waals surface area contributed by atoms with Crippen molar-refractivity contribution in [1.29, 1.82) is 0 Å². The Balaban J connectivity index is 2.19. The topological polar surface area (TPSA) is 12.0 Å². The van der Waals surface area contributed by atoms with Crippen molar-refractivity contribution in [2.75, 3.05) is 5.32 Å². The highest BCUT2D eigenvalue weighted by atomic mass is 127. The quantitative estimate of drug-likeness (QED) is 0.624. The lowest BCUT2D eigenvalue weighted by Crippen LogP contribution is -2.11. The standard InChI is InChI=1S/C17H19FIN/c1-2-3-9-16(13-7-5-4-6-8-13)20-17-11-10-14(18)12-15(17)19/h4-8,10-12,16,20H,2-3,9H2,1H3. The summed E-state index contributed by atoms with van der Waals surface area (Å²) in [6.07, 6.45) is 3.42. The van der Waals surface area contributed by atoms with E-state index >= 15 is 0 Å². The molecule has 0 saturated heterocycles. The molecule has 106 valence electrons. The minimum atomic E-state index is -0.190. The number of hydrogen-bond acceptors (Lipinski definition) is 1. The van der Waals surface area contributed by atoms with Crippen LogP contribution in [0.5, 0.6) is 0 Å². The van der Waals surface area contributed by atoms with Crippen molar-refractivity contribution < 1.29 is 4.39 Å². The number of unbranched alkanes of at least 4 members (excludes halogenated alkanes) is 1. The van der Waals surface area contributed by atoms with E-state index in [1.165, 1.54) is 24.5 Å². The van der Waals surface area contributed by atoms with E-state index in [-0.39, 0.29) is 11.9 Å². The van der Waals surface area contributed by atoms with Gasteiger partial charge in [0, 0.05) is 9.26 Å². The van der Waals surface area contributed by atoms with E-state index in [9.17, 15) is 4.39 Å². The first-order chi connectivity index (χ1) is 9.70. The first kappa shape index (κ1) is 15.3. The first-order valence-corrected chi connectivity index (χ1v) is 8.05. The lowest BCUT2D eigenvalue weighted by atomic mass is 10.0. The number of halogens is 2. The molecule has 0 spiro atoms. The second-order valence-corrected chi connectivity index (χ2v) is 6.04. The van der Waals surface area contributed by atoms with Crippen molar-refractivity contribution in [1.82, 2.24) is 0 Å². The molecule has 0 aliphatic carbocycles. The average molecular weight is 383 g/mol. The third kappa shape index (κ3) is 4.20. The van der Waals surface area contributed by atoms with Gasteiger partial charge in [-0.3, -0.25) is 0 Å². The zero-order valence-corrected chi connectivity index (χ0v) is 13.7. The number of nitrogens with one attached hydrogen (secondary N) is 1. The SMILES string of the molecule is CCCCC(Nc1ccc(F)cc1I)c1ccccc1. The third-order valence-electron chi connectivity index (χ3n) is 3.31. The zero-order chi connectivity index (χ0) is 14.4. The van der Waals surface area contributed by atoms with Crippen LogP contribution in [0.1, 0.15) is 37.8 Å². The molecule has 1 unspecified atom stereocenters. The van der Waals surface area contributed by atoms with Crippen molar-refractivity contribution in [2.45, 2.75) is 32.2 Å². The molecule has 0 bridgehead atoms. The van der Waals surface area contributed by atoms with Crippen LogP contribution in [-0.2, 0) is 0 Å². The molecule has 20 heavy (non-hydrogen) atoms. The van der Waals surface area contributed by atoms with Crippen LogP contribution < -0.4 is 5.32 Å². The molecule has 1 atom stereocenters. The van der Waals surface area contributed by atoms with Crippen LogP contribution in [0.15, 0.2) is 48.5 Å². The van der Waals surface area contributed by atoms with Crippen LogP contribution in [0.2, 0.25) is 0 Å². The normalized spacial score (nSPS) is 12.2. The summed E-state index contributed by atoms with van der Waals surface area (Å²) in [7, 11) is 0. The first-order valence-electron chi connectivity index (χ1n) is 6.97. The second kappa shape index (κ2) is 7.62. The van der Waals surface area contributed by atoms with Gasteiger partial charge in [-0.15, -0.1) is 0 Å². The highest BCUT2D eigenvalue weighted by Gasteiger charge is 2.12. The number of rotatable bonds is 6. The molecular weight excluding hydrogens is 364 g/mol. The van der Waals surface area contributed by atoms with Crippen LogP contribution in [0.3, 0.4) is 0 Å². The van der Waals surface area contributed by atoms with E-state index in [1.807, 2.05) is 12.1 Å². The van der Waals surface area contributed by atoms with Gasteiger partial charge >= 0.3 is 0 Å². The second-order valence-electron chi connectivity index (χ2n) is 4.87. The molecule has 0 aliphatic rings. The van der Waals surface area contributed by atoms with Gasteiger partial charge in [0.2, 0.25) is 0 Å². The molecule has 0 aromatic heterocycles. The molecule has 3 heteroatoms. The summed E-state index contributed by atoms with van der Waals surface area (Å²) in [6.45, 7) is 2.20. The lowest BCUT2D eigenvalue weighted by molar-refractivity contribution is 0.623. The largest absolute Gasteiger partial charge is 0.377 e. The third-order valence-corrected chi connectivity index (χ3v) is 4.20. The Morgan fingerprint density at radius 2 is 1.90 bits per heavy atom. The molecular formula is C17H19FIN. The molecule has 0 amide bonds. The molecule has 2 rings (SSSR count).